The van der Waals surface area contributed by atoms with Crippen molar-refractivity contribution < 1.29 is 0 Å². The fourth-order valence-corrected chi connectivity index (χ4v) is 4.53. The molecule has 0 amide bonds. The summed E-state index contributed by atoms with van der Waals surface area (Å²) >= 11 is 8.88. The molecular weight excluding hydrogens is 338 g/mol. The number of hydrogen-bond acceptors (Lipinski definition) is 2. The van der Waals surface area contributed by atoms with Crippen molar-refractivity contribution in [1.29, 1.82) is 0 Å². The van der Waals surface area contributed by atoms with Gasteiger partial charge in [-0.15, -0.1) is 11.3 Å². The van der Waals surface area contributed by atoms with Crippen molar-refractivity contribution in [3.8, 4) is 0 Å². The average molecular weight is 355 g/mol. The van der Waals surface area contributed by atoms with E-state index in [9.17, 15) is 0 Å². The van der Waals surface area contributed by atoms with Crippen LogP contribution in [0.4, 0.5) is 0 Å². The molecule has 2 unspecified atom stereocenters. The van der Waals surface area contributed by atoms with Crippen LogP contribution in [0.1, 0.15) is 38.3 Å². The first kappa shape index (κ1) is 13.7. The highest BCUT2D eigenvalue weighted by atomic mass is 79.9. The summed E-state index contributed by atoms with van der Waals surface area (Å²) in [6.45, 7) is 4.55. The molecule has 1 nitrogen and oxygen atoms in total. The van der Waals surface area contributed by atoms with Gasteiger partial charge in [0.1, 0.15) is 0 Å². The van der Waals surface area contributed by atoms with E-state index in [-0.39, 0.29) is 0 Å². The summed E-state index contributed by atoms with van der Waals surface area (Å²) < 4.78 is 2.42. The van der Waals surface area contributed by atoms with Crippen molar-refractivity contribution >= 4 is 43.2 Å². The fraction of sp³-hybridized carbons (Fsp3) is 0.636. The van der Waals surface area contributed by atoms with Gasteiger partial charge in [-0.1, -0.05) is 20.3 Å². The van der Waals surface area contributed by atoms with Crippen LogP contribution in [-0.2, 0) is 0 Å². The van der Waals surface area contributed by atoms with Crippen molar-refractivity contribution in [2.75, 3.05) is 7.05 Å². The van der Waals surface area contributed by atoms with Gasteiger partial charge in [0.25, 0.3) is 0 Å². The molecule has 0 aromatic carbocycles. The molecule has 0 saturated carbocycles. The fourth-order valence-electron chi connectivity index (χ4n) is 1.56. The molecule has 1 rings (SSSR count). The van der Waals surface area contributed by atoms with Gasteiger partial charge in [0.2, 0.25) is 0 Å². The standard InChI is InChI=1S/C11H17Br2NS/c1-4-7(2)5-9(14-3)8-6-10(12)15-11(8)13/h6-7,9,14H,4-5H2,1-3H3. The zero-order chi connectivity index (χ0) is 11.4. The third kappa shape index (κ3) is 3.84. The van der Waals surface area contributed by atoms with Gasteiger partial charge in [0.05, 0.1) is 7.57 Å². The maximum atomic E-state index is 3.62. The molecule has 1 N–H and O–H groups in total. The Morgan fingerprint density at radius 2 is 2.13 bits per heavy atom. The number of nitrogens with one attached hydrogen (secondary N) is 1. The Labute approximate surface area is 113 Å². The van der Waals surface area contributed by atoms with Gasteiger partial charge in [0.15, 0.2) is 0 Å². The molecule has 0 fully saturated rings. The molecule has 86 valence electrons. The zero-order valence-electron chi connectivity index (χ0n) is 9.31. The van der Waals surface area contributed by atoms with Crippen molar-refractivity contribution in [2.45, 2.75) is 32.7 Å². The molecule has 0 bridgehead atoms. The largest absolute Gasteiger partial charge is 0.313 e. The van der Waals surface area contributed by atoms with Gasteiger partial charge in [-0.2, -0.15) is 0 Å². The minimum absolute atomic E-state index is 0.455. The first-order chi connectivity index (χ1) is 7.08. The smallest absolute Gasteiger partial charge is 0.0758 e. The lowest BCUT2D eigenvalue weighted by Crippen LogP contribution is -2.18. The van der Waals surface area contributed by atoms with E-state index < -0.39 is 0 Å². The second kappa shape index (κ2) is 6.38. The van der Waals surface area contributed by atoms with Gasteiger partial charge in [-0.3, -0.25) is 0 Å². The van der Waals surface area contributed by atoms with Gasteiger partial charge < -0.3 is 5.32 Å². The van der Waals surface area contributed by atoms with Crippen LogP contribution < -0.4 is 5.32 Å². The Morgan fingerprint density at radius 3 is 2.53 bits per heavy atom. The normalized spacial score (nSPS) is 15.3. The van der Waals surface area contributed by atoms with Crippen LogP contribution in [0.25, 0.3) is 0 Å². The van der Waals surface area contributed by atoms with Crippen molar-refractivity contribution in [3.05, 3.63) is 19.2 Å². The predicted octanol–water partition coefficient (Wildman–Crippen LogP) is 4.97. The molecule has 2 atom stereocenters. The first-order valence-electron chi connectivity index (χ1n) is 5.20. The van der Waals surface area contributed by atoms with E-state index in [1.54, 1.807) is 11.3 Å². The SMILES string of the molecule is CCC(C)CC(NC)c1cc(Br)sc1Br. The van der Waals surface area contributed by atoms with Crippen molar-refractivity contribution in [1.82, 2.24) is 5.32 Å². The van der Waals surface area contributed by atoms with Crippen molar-refractivity contribution in [2.24, 2.45) is 5.92 Å². The molecule has 0 aliphatic carbocycles. The highest BCUT2D eigenvalue weighted by Gasteiger charge is 2.17. The predicted molar refractivity (Wildman–Crippen MR) is 75.6 cm³/mol. The van der Waals surface area contributed by atoms with Gasteiger partial charge >= 0.3 is 0 Å². The topological polar surface area (TPSA) is 12.0 Å². The van der Waals surface area contributed by atoms with Crippen LogP contribution in [0.2, 0.25) is 0 Å². The van der Waals surface area contributed by atoms with E-state index in [4.69, 9.17) is 0 Å². The quantitative estimate of drug-likeness (QED) is 0.787. The van der Waals surface area contributed by atoms with Crippen LogP contribution in [0.3, 0.4) is 0 Å². The summed E-state index contributed by atoms with van der Waals surface area (Å²) in [7, 11) is 2.03. The number of hydrogen-bond donors (Lipinski definition) is 1. The van der Waals surface area contributed by atoms with E-state index in [1.807, 2.05) is 7.05 Å². The molecule has 0 aliphatic rings. The van der Waals surface area contributed by atoms with Crippen molar-refractivity contribution in [3.63, 3.8) is 0 Å². The molecule has 4 heteroatoms. The highest BCUT2D eigenvalue weighted by molar-refractivity contribution is 9.12. The van der Waals surface area contributed by atoms with Gasteiger partial charge in [-0.05, 0) is 62.9 Å². The van der Waals surface area contributed by atoms with Crippen LogP contribution in [0, 0.1) is 5.92 Å². The molecule has 0 spiro atoms. The summed E-state index contributed by atoms with van der Waals surface area (Å²) in [6, 6.07) is 2.66. The van der Waals surface area contributed by atoms with E-state index in [0.29, 0.717) is 6.04 Å². The third-order valence-electron chi connectivity index (χ3n) is 2.74. The van der Waals surface area contributed by atoms with E-state index in [2.05, 4.69) is 57.1 Å². The molecule has 0 aliphatic heterocycles. The van der Waals surface area contributed by atoms with E-state index >= 15 is 0 Å². The summed E-state index contributed by atoms with van der Waals surface area (Å²) in [6.07, 6.45) is 2.43. The molecule has 1 heterocycles. The van der Waals surface area contributed by atoms with Crippen LogP contribution in [-0.4, -0.2) is 7.05 Å². The molecule has 1 aromatic rings. The molecule has 0 saturated heterocycles. The number of thiophene rings is 1. The Hall–Kier alpha value is 0.620. The number of halogens is 2. The summed E-state index contributed by atoms with van der Waals surface area (Å²) in [5, 5.41) is 3.39. The lowest BCUT2D eigenvalue weighted by molar-refractivity contribution is 0.422. The third-order valence-corrected chi connectivity index (χ3v) is 5.13. The lowest BCUT2D eigenvalue weighted by Gasteiger charge is -2.19. The van der Waals surface area contributed by atoms with Crippen LogP contribution in [0.5, 0.6) is 0 Å². The minimum Gasteiger partial charge on any atom is -0.313 e. The lowest BCUT2D eigenvalue weighted by atomic mass is 9.96. The zero-order valence-corrected chi connectivity index (χ0v) is 13.3. The van der Waals surface area contributed by atoms with Crippen LogP contribution >= 0.6 is 43.2 Å². The Morgan fingerprint density at radius 1 is 1.47 bits per heavy atom. The van der Waals surface area contributed by atoms with Gasteiger partial charge in [-0.25, -0.2) is 0 Å². The first-order valence-corrected chi connectivity index (χ1v) is 7.60. The monoisotopic (exact) mass is 353 g/mol. The summed E-state index contributed by atoms with van der Waals surface area (Å²) in [5.74, 6) is 0.757. The minimum atomic E-state index is 0.455. The Kier molecular flexibility index (Phi) is 5.82. The second-order valence-corrected chi connectivity index (χ2v) is 7.62. The second-order valence-electron chi connectivity index (χ2n) is 3.87. The highest BCUT2D eigenvalue weighted by Crippen LogP contribution is 2.37. The average Bonchev–Trinajstić information content (AvgIpc) is 2.54. The van der Waals surface area contributed by atoms with Gasteiger partial charge in [0, 0.05) is 6.04 Å². The van der Waals surface area contributed by atoms with E-state index in [1.165, 1.54) is 26.0 Å². The molecule has 15 heavy (non-hydrogen) atoms. The Balaban J connectivity index is 2.78. The maximum absolute atomic E-state index is 3.62. The molecule has 0 radical (unpaired) electrons. The molecule has 1 aromatic heterocycles. The molecular formula is C11H17Br2NS. The Bertz CT molecular complexity index is 312. The van der Waals surface area contributed by atoms with Crippen LogP contribution in [0.15, 0.2) is 13.6 Å². The summed E-state index contributed by atoms with van der Waals surface area (Å²) in [4.78, 5) is 0. The van der Waals surface area contributed by atoms with E-state index in [0.717, 1.165) is 5.92 Å². The number of rotatable bonds is 5. The maximum Gasteiger partial charge on any atom is 0.0758 e. The summed E-state index contributed by atoms with van der Waals surface area (Å²) in [5.41, 5.74) is 1.37.